The number of carbonyl (C=O) groups is 2. The summed E-state index contributed by atoms with van der Waals surface area (Å²) in [6.07, 6.45) is 4.43. The fourth-order valence-corrected chi connectivity index (χ4v) is 2.92. The lowest BCUT2D eigenvalue weighted by Crippen LogP contribution is -2.48. The van der Waals surface area contributed by atoms with E-state index in [0.717, 1.165) is 32.1 Å². The van der Waals surface area contributed by atoms with Gasteiger partial charge in [0.2, 0.25) is 0 Å². The average molecular weight is 255 g/mol. The number of carboxylic acid groups (broad SMARTS) is 1. The third-order valence-electron chi connectivity index (χ3n) is 3.98. The zero-order valence-electron chi connectivity index (χ0n) is 10.8. The molecule has 2 fully saturated rings. The lowest BCUT2D eigenvalue weighted by molar-refractivity contribution is -0.152. The van der Waals surface area contributed by atoms with Gasteiger partial charge in [0, 0.05) is 12.6 Å². The third kappa shape index (κ3) is 2.83. The minimum absolute atomic E-state index is 0.0880. The van der Waals surface area contributed by atoms with Gasteiger partial charge in [-0.1, -0.05) is 19.8 Å². The fraction of sp³-hybridized carbons (Fsp3) is 0.846. The predicted octanol–water partition coefficient (Wildman–Crippen LogP) is 1.27. The van der Waals surface area contributed by atoms with Crippen LogP contribution in [-0.4, -0.2) is 47.2 Å². The smallest absolute Gasteiger partial charge is 0.323 e. The van der Waals surface area contributed by atoms with E-state index in [0.29, 0.717) is 6.61 Å². The number of nitrogens with zero attached hydrogens (tertiary/aromatic N) is 1. The molecule has 1 aliphatic heterocycles. The van der Waals surface area contributed by atoms with E-state index in [4.69, 9.17) is 9.84 Å². The first-order valence-electron chi connectivity index (χ1n) is 6.73. The molecule has 1 saturated heterocycles. The van der Waals surface area contributed by atoms with Gasteiger partial charge in [-0.3, -0.25) is 9.59 Å². The largest absolute Gasteiger partial charge is 0.480 e. The molecule has 2 unspecified atom stereocenters. The second-order valence-electron chi connectivity index (χ2n) is 5.36. The minimum atomic E-state index is -0.944. The number of amides is 1. The molecule has 2 atom stereocenters. The van der Waals surface area contributed by atoms with E-state index in [-0.39, 0.29) is 24.4 Å². The molecule has 102 valence electrons. The van der Waals surface area contributed by atoms with Gasteiger partial charge in [-0.15, -0.1) is 0 Å². The van der Waals surface area contributed by atoms with Crippen molar-refractivity contribution in [3.63, 3.8) is 0 Å². The first kappa shape index (κ1) is 13.3. The van der Waals surface area contributed by atoms with Gasteiger partial charge in [0.15, 0.2) is 0 Å². The van der Waals surface area contributed by atoms with Crippen molar-refractivity contribution in [1.29, 1.82) is 0 Å². The molecule has 0 radical (unpaired) electrons. The highest BCUT2D eigenvalue weighted by Crippen LogP contribution is 2.27. The van der Waals surface area contributed by atoms with Crippen LogP contribution < -0.4 is 0 Å². The van der Waals surface area contributed by atoms with Crippen LogP contribution in [0.4, 0.5) is 0 Å². The molecule has 18 heavy (non-hydrogen) atoms. The summed E-state index contributed by atoms with van der Waals surface area (Å²) in [5.74, 6) is -0.884. The Morgan fingerprint density at radius 1 is 1.28 bits per heavy atom. The van der Waals surface area contributed by atoms with Crippen molar-refractivity contribution in [3.05, 3.63) is 0 Å². The Morgan fingerprint density at radius 2 is 1.94 bits per heavy atom. The molecular formula is C13H21NO4. The van der Waals surface area contributed by atoms with Crippen molar-refractivity contribution in [2.24, 2.45) is 5.92 Å². The van der Waals surface area contributed by atoms with Gasteiger partial charge < -0.3 is 14.7 Å². The monoisotopic (exact) mass is 255 g/mol. The highest BCUT2D eigenvalue weighted by molar-refractivity contribution is 5.85. The molecular weight excluding hydrogens is 234 g/mol. The van der Waals surface area contributed by atoms with Gasteiger partial charge in [0.05, 0.1) is 0 Å². The molecule has 2 rings (SSSR count). The first-order valence-corrected chi connectivity index (χ1v) is 6.73. The Morgan fingerprint density at radius 3 is 2.44 bits per heavy atom. The summed E-state index contributed by atoms with van der Waals surface area (Å²) in [5.41, 5.74) is 0. The number of aliphatic carboxylic acids is 1. The number of carboxylic acids is 1. The lowest BCUT2D eigenvalue weighted by Gasteiger charge is -2.30. The van der Waals surface area contributed by atoms with Crippen LogP contribution in [0.3, 0.4) is 0 Å². The summed E-state index contributed by atoms with van der Waals surface area (Å²) >= 11 is 0. The normalized spacial score (nSPS) is 28.5. The zero-order valence-corrected chi connectivity index (χ0v) is 10.8. The molecule has 5 nitrogen and oxygen atoms in total. The van der Waals surface area contributed by atoms with Crippen molar-refractivity contribution in [2.75, 3.05) is 13.2 Å². The van der Waals surface area contributed by atoms with Crippen molar-refractivity contribution >= 4 is 11.9 Å². The third-order valence-corrected chi connectivity index (χ3v) is 3.98. The molecule has 1 heterocycles. The number of ether oxygens (including phenoxy) is 1. The summed E-state index contributed by atoms with van der Waals surface area (Å²) in [6.45, 7) is 2.39. The molecule has 2 aliphatic rings. The maximum absolute atomic E-state index is 12.4. The Hall–Kier alpha value is -1.10. The summed E-state index contributed by atoms with van der Waals surface area (Å²) in [5, 5.41) is 8.97. The quantitative estimate of drug-likeness (QED) is 0.821. The van der Waals surface area contributed by atoms with E-state index in [1.54, 1.807) is 0 Å². The molecule has 0 aromatic rings. The van der Waals surface area contributed by atoms with Gasteiger partial charge in [-0.25, -0.2) is 0 Å². The first-order chi connectivity index (χ1) is 8.59. The van der Waals surface area contributed by atoms with E-state index in [1.807, 2.05) is 6.92 Å². The predicted molar refractivity (Wildman–Crippen MR) is 65.1 cm³/mol. The van der Waals surface area contributed by atoms with Crippen LogP contribution in [0, 0.1) is 5.92 Å². The summed E-state index contributed by atoms with van der Waals surface area (Å²) < 4.78 is 5.46. The molecule has 1 amide bonds. The number of hydrogen-bond donors (Lipinski definition) is 1. The minimum Gasteiger partial charge on any atom is -0.480 e. The topological polar surface area (TPSA) is 66.8 Å². The Balaban J connectivity index is 2.06. The van der Waals surface area contributed by atoms with Crippen LogP contribution >= 0.6 is 0 Å². The zero-order chi connectivity index (χ0) is 13.1. The van der Waals surface area contributed by atoms with E-state index >= 15 is 0 Å². The van der Waals surface area contributed by atoms with Gasteiger partial charge in [0.25, 0.3) is 5.91 Å². The average Bonchev–Trinajstić information content (AvgIpc) is 2.95. The van der Waals surface area contributed by atoms with E-state index in [9.17, 15) is 9.59 Å². The van der Waals surface area contributed by atoms with Crippen LogP contribution in [0.15, 0.2) is 0 Å². The molecule has 0 aromatic heterocycles. The SMILES string of the molecule is CC1CCOC1C(=O)N(CC(=O)O)C1CCCC1. The van der Waals surface area contributed by atoms with E-state index in [1.165, 1.54) is 4.90 Å². The summed E-state index contributed by atoms with van der Waals surface area (Å²) in [6, 6.07) is 0.0880. The molecule has 0 aromatic carbocycles. The van der Waals surface area contributed by atoms with Crippen LogP contribution in [0.1, 0.15) is 39.0 Å². The van der Waals surface area contributed by atoms with E-state index in [2.05, 4.69) is 0 Å². The Bertz CT molecular complexity index is 325. The number of rotatable bonds is 4. The number of carbonyl (C=O) groups excluding carboxylic acids is 1. The van der Waals surface area contributed by atoms with Gasteiger partial charge in [-0.2, -0.15) is 0 Å². The van der Waals surface area contributed by atoms with Crippen LogP contribution in [0.25, 0.3) is 0 Å². The Kier molecular flexibility index (Phi) is 4.22. The molecule has 1 aliphatic carbocycles. The van der Waals surface area contributed by atoms with Crippen LogP contribution in [0.5, 0.6) is 0 Å². The molecule has 0 bridgehead atoms. The van der Waals surface area contributed by atoms with Gasteiger partial charge in [-0.05, 0) is 25.2 Å². The number of hydrogen-bond acceptors (Lipinski definition) is 3. The van der Waals surface area contributed by atoms with Crippen molar-refractivity contribution < 1.29 is 19.4 Å². The molecule has 5 heteroatoms. The van der Waals surface area contributed by atoms with E-state index < -0.39 is 12.1 Å². The van der Waals surface area contributed by atoms with Crippen LogP contribution in [0.2, 0.25) is 0 Å². The maximum atomic E-state index is 12.4. The second kappa shape index (κ2) is 5.69. The molecule has 0 spiro atoms. The second-order valence-corrected chi connectivity index (χ2v) is 5.36. The molecule has 1 N–H and O–H groups in total. The summed E-state index contributed by atoms with van der Waals surface area (Å²) in [4.78, 5) is 24.9. The fourth-order valence-electron chi connectivity index (χ4n) is 2.92. The standard InChI is InChI=1S/C13H21NO4/c1-9-6-7-18-12(9)13(17)14(8-11(15)16)10-4-2-3-5-10/h9-10,12H,2-8H2,1H3,(H,15,16). The van der Waals surface area contributed by atoms with Crippen molar-refractivity contribution in [2.45, 2.75) is 51.2 Å². The van der Waals surface area contributed by atoms with Gasteiger partial charge >= 0.3 is 5.97 Å². The lowest BCUT2D eigenvalue weighted by atomic mass is 10.0. The summed E-state index contributed by atoms with van der Waals surface area (Å²) in [7, 11) is 0. The highest BCUT2D eigenvalue weighted by atomic mass is 16.5. The maximum Gasteiger partial charge on any atom is 0.323 e. The van der Waals surface area contributed by atoms with Crippen LogP contribution in [-0.2, 0) is 14.3 Å². The Labute approximate surface area is 107 Å². The van der Waals surface area contributed by atoms with Crippen molar-refractivity contribution in [1.82, 2.24) is 4.90 Å². The molecule has 1 saturated carbocycles. The van der Waals surface area contributed by atoms with Gasteiger partial charge in [0.1, 0.15) is 12.6 Å². The highest BCUT2D eigenvalue weighted by Gasteiger charge is 2.38. The van der Waals surface area contributed by atoms with Crippen molar-refractivity contribution in [3.8, 4) is 0 Å².